The fourth-order valence-electron chi connectivity index (χ4n) is 8.37. The normalized spacial score (nSPS) is 12.5. The van der Waals surface area contributed by atoms with Crippen molar-refractivity contribution in [1.29, 1.82) is 0 Å². The van der Waals surface area contributed by atoms with E-state index < -0.39 is 6.10 Å². The molecule has 0 spiro atoms. The zero-order valence-electron chi connectivity index (χ0n) is 45.1. The summed E-state index contributed by atoms with van der Waals surface area (Å²) in [5, 5.41) is 0. The maximum absolute atomic E-state index is 12.8. The van der Waals surface area contributed by atoms with Crippen LogP contribution in [0.15, 0.2) is 60.8 Å². The summed E-state index contributed by atoms with van der Waals surface area (Å²) in [6, 6.07) is 0. The highest BCUT2D eigenvalue weighted by Gasteiger charge is 2.19. The summed E-state index contributed by atoms with van der Waals surface area (Å²) >= 11 is 0. The number of carbonyl (C=O) groups excluding carboxylic acids is 3. The van der Waals surface area contributed by atoms with Crippen LogP contribution in [0.25, 0.3) is 0 Å². The van der Waals surface area contributed by atoms with Crippen LogP contribution < -0.4 is 0 Å². The second-order valence-electron chi connectivity index (χ2n) is 19.6. The Hall–Kier alpha value is -2.89. The van der Waals surface area contributed by atoms with Gasteiger partial charge in [-0.2, -0.15) is 0 Å². The third-order valence-electron chi connectivity index (χ3n) is 12.8. The number of ether oxygens (including phenoxy) is 3. The Morgan fingerprint density at radius 1 is 0.294 bits per heavy atom. The summed E-state index contributed by atoms with van der Waals surface area (Å²) in [4.78, 5) is 38.1. The molecule has 0 amide bonds. The second kappa shape index (κ2) is 56.7. The van der Waals surface area contributed by atoms with Crippen molar-refractivity contribution in [2.45, 2.75) is 303 Å². The predicted octanol–water partition coefficient (Wildman–Crippen LogP) is 19.6. The van der Waals surface area contributed by atoms with Crippen LogP contribution in [0.3, 0.4) is 0 Å². The number of hydrogen-bond donors (Lipinski definition) is 0. The highest BCUT2D eigenvalue weighted by atomic mass is 16.6. The zero-order valence-corrected chi connectivity index (χ0v) is 45.1. The van der Waals surface area contributed by atoms with Gasteiger partial charge in [-0.3, -0.25) is 14.4 Å². The van der Waals surface area contributed by atoms with E-state index >= 15 is 0 Å². The van der Waals surface area contributed by atoms with E-state index in [2.05, 4.69) is 75.5 Å². The Kier molecular flexibility index (Phi) is 54.3. The summed E-state index contributed by atoms with van der Waals surface area (Å²) in [5.74, 6) is -0.966. The van der Waals surface area contributed by atoms with Gasteiger partial charge in [0, 0.05) is 19.3 Å². The Balaban J connectivity index is 4.40. The molecule has 0 heterocycles. The van der Waals surface area contributed by atoms with Crippen LogP contribution in [-0.4, -0.2) is 37.2 Å². The fourth-order valence-corrected chi connectivity index (χ4v) is 8.37. The molecule has 6 heteroatoms. The minimum absolute atomic E-state index is 0.0929. The smallest absolute Gasteiger partial charge is 0.306 e. The molecule has 0 bridgehead atoms. The van der Waals surface area contributed by atoms with E-state index in [9.17, 15) is 14.4 Å². The van der Waals surface area contributed by atoms with Crippen molar-refractivity contribution in [3.8, 4) is 0 Å². The van der Waals surface area contributed by atoms with Crippen LogP contribution in [0.4, 0.5) is 0 Å². The highest BCUT2D eigenvalue weighted by Crippen LogP contribution is 2.16. The topological polar surface area (TPSA) is 78.9 Å². The van der Waals surface area contributed by atoms with Crippen LogP contribution >= 0.6 is 0 Å². The SMILES string of the molecule is CCCCC/C=C\C/C=C\C/C=C\C/C=C\C/C=C\CCC(=O)OC[C@H](COC(=O)CCCCCCCCCCCCCCCCCCCCC)OC(=O)CCCCCCCCCCCCCC. The molecule has 0 saturated carbocycles. The van der Waals surface area contributed by atoms with Gasteiger partial charge >= 0.3 is 17.9 Å². The number of rotatable bonds is 53. The van der Waals surface area contributed by atoms with E-state index in [1.54, 1.807) is 0 Å². The molecule has 394 valence electrons. The molecular formula is C62H110O6. The minimum atomic E-state index is -0.800. The van der Waals surface area contributed by atoms with Gasteiger partial charge in [0.1, 0.15) is 13.2 Å². The molecule has 0 aliphatic rings. The highest BCUT2D eigenvalue weighted by molar-refractivity contribution is 5.71. The third-order valence-corrected chi connectivity index (χ3v) is 12.8. The van der Waals surface area contributed by atoms with E-state index in [0.717, 1.165) is 64.2 Å². The van der Waals surface area contributed by atoms with E-state index in [0.29, 0.717) is 19.3 Å². The molecule has 0 aromatic heterocycles. The van der Waals surface area contributed by atoms with E-state index in [-0.39, 0.29) is 37.5 Å². The number of carbonyl (C=O) groups is 3. The third kappa shape index (κ3) is 54.1. The van der Waals surface area contributed by atoms with Crippen molar-refractivity contribution in [1.82, 2.24) is 0 Å². The van der Waals surface area contributed by atoms with Crippen LogP contribution in [0.5, 0.6) is 0 Å². The van der Waals surface area contributed by atoms with Crippen molar-refractivity contribution < 1.29 is 28.6 Å². The molecule has 68 heavy (non-hydrogen) atoms. The van der Waals surface area contributed by atoms with Crippen molar-refractivity contribution in [3.05, 3.63) is 60.8 Å². The zero-order chi connectivity index (χ0) is 49.3. The Morgan fingerprint density at radius 3 is 0.912 bits per heavy atom. The lowest BCUT2D eigenvalue weighted by Gasteiger charge is -2.18. The van der Waals surface area contributed by atoms with Gasteiger partial charge in [0.15, 0.2) is 6.10 Å². The van der Waals surface area contributed by atoms with Crippen molar-refractivity contribution in [3.63, 3.8) is 0 Å². The average molecular weight is 952 g/mol. The Bertz CT molecular complexity index is 1230. The molecule has 0 radical (unpaired) electrons. The minimum Gasteiger partial charge on any atom is -0.462 e. The van der Waals surface area contributed by atoms with Crippen LogP contribution in [-0.2, 0) is 28.6 Å². The molecule has 0 saturated heterocycles. The van der Waals surface area contributed by atoms with Gasteiger partial charge < -0.3 is 14.2 Å². The van der Waals surface area contributed by atoms with Gasteiger partial charge in [-0.05, 0) is 57.8 Å². The van der Waals surface area contributed by atoms with Crippen LogP contribution in [0.1, 0.15) is 297 Å². The maximum atomic E-state index is 12.8. The van der Waals surface area contributed by atoms with E-state index in [4.69, 9.17) is 14.2 Å². The average Bonchev–Trinajstić information content (AvgIpc) is 3.34. The van der Waals surface area contributed by atoms with Crippen molar-refractivity contribution in [2.24, 2.45) is 0 Å². The first-order valence-electron chi connectivity index (χ1n) is 29.3. The Morgan fingerprint density at radius 2 is 0.559 bits per heavy atom. The molecule has 0 aliphatic carbocycles. The van der Waals surface area contributed by atoms with Gasteiger partial charge in [-0.15, -0.1) is 0 Å². The lowest BCUT2D eigenvalue weighted by atomic mass is 10.0. The monoisotopic (exact) mass is 951 g/mol. The van der Waals surface area contributed by atoms with Gasteiger partial charge in [-0.1, -0.05) is 281 Å². The fraction of sp³-hybridized carbons (Fsp3) is 0.790. The van der Waals surface area contributed by atoms with Gasteiger partial charge in [0.25, 0.3) is 0 Å². The van der Waals surface area contributed by atoms with Gasteiger partial charge in [0.2, 0.25) is 0 Å². The summed E-state index contributed by atoms with van der Waals surface area (Å²) in [6.07, 6.45) is 70.8. The molecule has 0 aliphatic heterocycles. The molecule has 0 N–H and O–H groups in total. The number of allylic oxidation sites excluding steroid dienone is 10. The first-order chi connectivity index (χ1) is 33.5. The van der Waals surface area contributed by atoms with Crippen LogP contribution in [0.2, 0.25) is 0 Å². The molecular weight excluding hydrogens is 841 g/mol. The van der Waals surface area contributed by atoms with Crippen molar-refractivity contribution >= 4 is 17.9 Å². The molecule has 6 nitrogen and oxygen atoms in total. The largest absolute Gasteiger partial charge is 0.462 e. The number of esters is 3. The summed E-state index contributed by atoms with van der Waals surface area (Å²) < 4.78 is 16.8. The molecule has 0 aromatic rings. The first-order valence-corrected chi connectivity index (χ1v) is 29.3. The van der Waals surface area contributed by atoms with E-state index in [1.807, 2.05) is 6.08 Å². The lowest BCUT2D eigenvalue weighted by molar-refractivity contribution is -0.166. The first kappa shape index (κ1) is 65.1. The Labute approximate surface area is 421 Å². The molecule has 0 unspecified atom stereocenters. The molecule has 0 rings (SSSR count). The molecule has 0 fully saturated rings. The summed E-state index contributed by atoms with van der Waals surface area (Å²) in [5.41, 5.74) is 0. The molecule has 0 aromatic carbocycles. The quantitative estimate of drug-likeness (QED) is 0.0262. The second-order valence-corrected chi connectivity index (χ2v) is 19.6. The maximum Gasteiger partial charge on any atom is 0.306 e. The summed E-state index contributed by atoms with van der Waals surface area (Å²) in [6.45, 7) is 6.58. The predicted molar refractivity (Wildman–Crippen MR) is 293 cm³/mol. The van der Waals surface area contributed by atoms with Crippen LogP contribution in [0, 0.1) is 0 Å². The number of unbranched alkanes of at least 4 members (excludes halogenated alkanes) is 32. The lowest BCUT2D eigenvalue weighted by Crippen LogP contribution is -2.30. The van der Waals surface area contributed by atoms with E-state index in [1.165, 1.54) is 186 Å². The van der Waals surface area contributed by atoms with Gasteiger partial charge in [-0.25, -0.2) is 0 Å². The summed E-state index contributed by atoms with van der Waals surface area (Å²) in [7, 11) is 0. The van der Waals surface area contributed by atoms with Crippen molar-refractivity contribution in [2.75, 3.05) is 13.2 Å². The number of hydrogen-bond acceptors (Lipinski definition) is 6. The van der Waals surface area contributed by atoms with Gasteiger partial charge in [0.05, 0.1) is 0 Å². The standard InChI is InChI=1S/C62H110O6/c1-4-7-10-13-16-19-22-25-27-29-31-33-35-37-40-42-45-48-51-54-60(63)66-57-59(68-62(65)56-53-50-47-44-39-24-21-18-15-12-9-6-3)58-67-61(64)55-52-49-46-43-41-38-36-34-32-30-28-26-23-20-17-14-11-8-5-2/h16,19,25,27,31,33,37,40,45,48,59H,4-15,17-18,20-24,26,28-30,32,34-36,38-39,41-44,46-47,49-58H2,1-3H3/b19-16-,27-25-,33-31-,40-37-,48-45-/t59-/m1/s1. The molecule has 1 atom stereocenters.